The van der Waals surface area contributed by atoms with Crippen molar-refractivity contribution in [2.75, 3.05) is 0 Å². The summed E-state index contributed by atoms with van der Waals surface area (Å²) in [4.78, 5) is 0. The van der Waals surface area contributed by atoms with Crippen LogP contribution in [0.4, 0.5) is 0 Å². The van der Waals surface area contributed by atoms with Crippen LogP contribution in [0.2, 0.25) is 0 Å². The number of hydrogen-bond donors (Lipinski definition) is 0. The molecule has 0 bridgehead atoms. The van der Waals surface area contributed by atoms with Crippen LogP contribution in [0.25, 0.3) is 0 Å². The van der Waals surface area contributed by atoms with Crippen molar-refractivity contribution in [3.05, 3.63) is 34.4 Å². The lowest BCUT2D eigenvalue weighted by Gasteiger charge is -2.18. The molecule has 0 heterocycles. The van der Waals surface area contributed by atoms with Gasteiger partial charge in [0, 0.05) is 0 Å². The lowest BCUT2D eigenvalue weighted by atomic mass is 9.87. The third kappa shape index (κ3) is 56.1. The van der Waals surface area contributed by atoms with Gasteiger partial charge in [-0.25, -0.2) is 0 Å². The Morgan fingerprint density at radius 2 is 0.304 bits per heavy atom. The fourth-order valence-corrected chi connectivity index (χ4v) is 13.4. The Labute approximate surface area is 502 Å². The monoisotopic (exact) mass is 1100 g/mol. The number of aryl methyl sites for hydroxylation is 3. The number of hydrogen-bond acceptors (Lipinski definition) is 0. The van der Waals surface area contributed by atoms with Crippen LogP contribution < -0.4 is 0 Å². The van der Waals surface area contributed by atoms with Crippen LogP contribution >= 0.6 is 0 Å². The second kappa shape index (κ2) is 66.4. The van der Waals surface area contributed by atoms with E-state index in [9.17, 15) is 0 Å². The van der Waals surface area contributed by atoms with Gasteiger partial charge in [0.05, 0.1) is 0 Å². The predicted molar refractivity (Wildman–Crippen MR) is 364 cm³/mol. The highest BCUT2D eigenvalue weighted by Gasteiger charge is 2.12. The summed E-state index contributed by atoms with van der Waals surface area (Å²) in [6, 6.07) is 5.45. The minimum atomic E-state index is 1.29. The Balaban J connectivity index is 2.43. The molecule has 0 spiro atoms. The second-order valence-corrected chi connectivity index (χ2v) is 27.0. The van der Waals surface area contributed by atoms with E-state index in [1.165, 1.54) is 443 Å². The molecule has 0 aliphatic rings. The summed E-state index contributed by atoms with van der Waals surface area (Å²) >= 11 is 0. The Morgan fingerprint density at radius 3 is 0.481 bits per heavy atom. The molecule has 1 aromatic carbocycles. The molecule has 0 heteroatoms. The van der Waals surface area contributed by atoms with E-state index in [0.717, 1.165) is 0 Å². The summed E-state index contributed by atoms with van der Waals surface area (Å²) in [6.45, 7) is 9.35. The minimum absolute atomic E-state index is 1.29. The van der Waals surface area contributed by atoms with E-state index in [-0.39, 0.29) is 0 Å². The normalized spacial score (nSPS) is 11.7. The number of benzene rings is 1. The van der Waals surface area contributed by atoms with E-state index in [1.54, 1.807) is 16.7 Å². The molecule has 0 saturated carbocycles. The lowest BCUT2D eigenvalue weighted by Crippen LogP contribution is -2.05. The summed E-state index contributed by atoms with van der Waals surface area (Å²) in [5.74, 6) is 0. The van der Waals surface area contributed by atoms with Gasteiger partial charge in [-0.05, 0) is 73.6 Å². The molecule has 0 aromatic heterocycles. The Kier molecular flexibility index (Phi) is 64.0. The molecule has 1 rings (SSSR count). The molecule has 0 aliphatic carbocycles. The first-order chi connectivity index (χ1) is 39.3. The maximum atomic E-state index is 2.72. The summed E-state index contributed by atoms with van der Waals surface area (Å²) in [5, 5.41) is 0. The van der Waals surface area contributed by atoms with E-state index in [1.807, 2.05) is 5.56 Å². The zero-order valence-electron chi connectivity index (χ0n) is 55.9. The van der Waals surface area contributed by atoms with Gasteiger partial charge in [-0.2, -0.15) is 0 Å². The second-order valence-electron chi connectivity index (χ2n) is 27.0. The van der Waals surface area contributed by atoms with Crippen molar-refractivity contribution in [3.8, 4) is 0 Å². The van der Waals surface area contributed by atoms with E-state index < -0.39 is 0 Å². The van der Waals surface area contributed by atoms with Gasteiger partial charge in [0.25, 0.3) is 0 Å². The van der Waals surface area contributed by atoms with E-state index in [0.29, 0.717) is 0 Å². The zero-order chi connectivity index (χ0) is 56.5. The predicted octanol–water partition coefficient (Wildman–Crippen LogP) is 29.3. The molecule has 0 aliphatic heterocycles. The van der Waals surface area contributed by atoms with Gasteiger partial charge in [-0.1, -0.05) is 431 Å². The molecule has 0 fully saturated rings. The summed E-state index contributed by atoms with van der Waals surface area (Å²) in [6.07, 6.45) is 100. The Morgan fingerprint density at radius 1 is 0.152 bits per heavy atom. The fraction of sp³-hybridized carbons (Fsp3) is 0.924. The highest BCUT2D eigenvalue weighted by atomic mass is 14.2. The van der Waals surface area contributed by atoms with Crippen molar-refractivity contribution in [2.24, 2.45) is 0 Å². The quantitative estimate of drug-likeness (QED) is 0.0570. The summed E-state index contributed by atoms with van der Waals surface area (Å²) in [7, 11) is 0. The maximum absolute atomic E-state index is 2.72. The number of rotatable bonds is 69. The zero-order valence-corrected chi connectivity index (χ0v) is 55.9. The van der Waals surface area contributed by atoms with Crippen molar-refractivity contribution >= 4 is 0 Å². The molecule has 0 N–H and O–H groups in total. The average Bonchev–Trinajstić information content (AvgIpc) is 3.47. The molecule has 0 atom stereocenters. The highest BCUT2D eigenvalue weighted by Crippen LogP contribution is 2.27. The van der Waals surface area contributed by atoms with Gasteiger partial charge >= 0.3 is 0 Å². The van der Waals surface area contributed by atoms with Crippen molar-refractivity contribution in [3.63, 3.8) is 0 Å². The maximum Gasteiger partial charge on any atom is -0.0273 e. The first kappa shape index (κ1) is 76.2. The van der Waals surface area contributed by atoms with Crippen LogP contribution in [-0.2, 0) is 25.7 Å². The van der Waals surface area contributed by atoms with Gasteiger partial charge in [-0.15, -0.1) is 0 Å². The first-order valence-corrected chi connectivity index (χ1v) is 38.4. The van der Waals surface area contributed by atoms with Gasteiger partial charge in [0.1, 0.15) is 0 Å². The van der Waals surface area contributed by atoms with Crippen molar-refractivity contribution in [1.29, 1.82) is 0 Å². The molecule has 0 nitrogen and oxygen atoms in total. The van der Waals surface area contributed by atoms with Crippen LogP contribution in [0, 0.1) is 0 Å². The van der Waals surface area contributed by atoms with E-state index in [2.05, 4.69) is 39.8 Å². The van der Waals surface area contributed by atoms with Crippen LogP contribution in [0.3, 0.4) is 0 Å². The molecule has 0 amide bonds. The Bertz CT molecular complexity index is 1190. The highest BCUT2D eigenvalue weighted by molar-refractivity contribution is 5.40. The third-order valence-corrected chi connectivity index (χ3v) is 18.9. The van der Waals surface area contributed by atoms with Crippen LogP contribution in [0.5, 0.6) is 0 Å². The molecule has 79 heavy (non-hydrogen) atoms. The summed E-state index contributed by atoms with van der Waals surface area (Å²) < 4.78 is 0. The van der Waals surface area contributed by atoms with Crippen molar-refractivity contribution < 1.29 is 0 Å². The standard InChI is InChI=1S/C79H152/c1-5-9-13-16-19-22-25-28-31-34-37-40-43-46-49-52-55-58-61-64-67-71-77-74-76(70-12-8-4)75-78(72-68-65-62-59-56-53-50-47-44-41-38-35-32-29-26-23-20-17-14-10-6-2)79(77)73-69-66-63-60-57-54-51-48-45-42-39-36-33-30-27-24-21-18-15-11-7-3/h74-75H,5-73H2,1-4H3. The van der Waals surface area contributed by atoms with E-state index in [4.69, 9.17) is 0 Å². The number of unbranched alkanes of at least 4 members (excludes halogenated alkanes) is 61. The fourth-order valence-electron chi connectivity index (χ4n) is 13.4. The van der Waals surface area contributed by atoms with Gasteiger partial charge in [-0.3, -0.25) is 0 Å². The molecule has 0 unspecified atom stereocenters. The molecule has 0 radical (unpaired) electrons. The van der Waals surface area contributed by atoms with Crippen molar-refractivity contribution in [2.45, 2.75) is 471 Å². The van der Waals surface area contributed by atoms with Crippen LogP contribution in [0.1, 0.15) is 467 Å². The van der Waals surface area contributed by atoms with Gasteiger partial charge in [0.2, 0.25) is 0 Å². The minimum Gasteiger partial charge on any atom is -0.0654 e. The average molecular weight is 1100 g/mol. The van der Waals surface area contributed by atoms with Crippen molar-refractivity contribution in [1.82, 2.24) is 0 Å². The van der Waals surface area contributed by atoms with E-state index >= 15 is 0 Å². The molecular formula is C79H152. The first-order valence-electron chi connectivity index (χ1n) is 38.4. The largest absolute Gasteiger partial charge is 0.0654 e. The van der Waals surface area contributed by atoms with Crippen LogP contribution in [-0.4, -0.2) is 0 Å². The third-order valence-electron chi connectivity index (χ3n) is 18.9. The molecule has 0 saturated heterocycles. The smallest absolute Gasteiger partial charge is 0.0273 e. The van der Waals surface area contributed by atoms with Gasteiger partial charge in [0.15, 0.2) is 0 Å². The Hall–Kier alpha value is -0.780. The summed E-state index contributed by atoms with van der Waals surface area (Å²) in [5.41, 5.74) is 7.04. The molecule has 468 valence electrons. The SMILES string of the molecule is CCCCCCCCCCCCCCCCCCCCCCCc1cc(CCCC)cc(CCCCCCCCCCCCCCCCCCCCCCC)c1CCCCCCCCCCCCCCCCCCCCCCC. The molecule has 1 aromatic rings. The van der Waals surface area contributed by atoms with Crippen LogP contribution in [0.15, 0.2) is 12.1 Å². The lowest BCUT2D eigenvalue weighted by molar-refractivity contribution is 0.519. The van der Waals surface area contributed by atoms with Gasteiger partial charge < -0.3 is 0 Å². The molecular weight excluding hydrogens is 949 g/mol. The topological polar surface area (TPSA) is 0 Å².